The van der Waals surface area contributed by atoms with E-state index in [1.807, 2.05) is 58.6 Å². The Labute approximate surface area is 226 Å². The van der Waals surface area contributed by atoms with Crippen LogP contribution in [0.5, 0.6) is 5.75 Å². The van der Waals surface area contributed by atoms with Gasteiger partial charge >= 0.3 is 0 Å². The summed E-state index contributed by atoms with van der Waals surface area (Å²) in [6.07, 6.45) is 2.68. The fraction of sp³-hybridized carbons (Fsp3) is 0.533. The van der Waals surface area contributed by atoms with Crippen LogP contribution in [0.1, 0.15) is 88.4 Å². The van der Waals surface area contributed by atoms with Crippen LogP contribution in [0.3, 0.4) is 0 Å². The maximum absolute atomic E-state index is 13.5. The quantitative estimate of drug-likeness (QED) is 0.345. The number of phenolic OH excluding ortho intramolecular Hbond substituents is 1. The molecule has 6 heteroatoms. The monoisotopic (exact) mass is 560 g/mol. The van der Waals surface area contributed by atoms with Crippen molar-refractivity contribution in [2.75, 3.05) is 13.1 Å². The molecule has 3 rings (SSSR count). The van der Waals surface area contributed by atoms with Gasteiger partial charge in [0.2, 0.25) is 0 Å². The van der Waals surface area contributed by atoms with E-state index in [0.717, 1.165) is 29.5 Å². The zero-order chi connectivity index (χ0) is 26.1. The third-order valence-electron chi connectivity index (χ3n) is 7.13. The Morgan fingerprint density at radius 2 is 1.58 bits per heavy atom. The molecule has 1 saturated heterocycles. The van der Waals surface area contributed by atoms with E-state index in [1.54, 1.807) is 12.1 Å². The number of ketones is 1. The molecule has 2 N–H and O–H groups in total. The molecule has 198 valence electrons. The average molecular weight is 562 g/mol. The second-order valence-electron chi connectivity index (χ2n) is 12.1. The van der Waals surface area contributed by atoms with E-state index >= 15 is 0 Å². The Kier molecular flexibility index (Phi) is 9.55. The van der Waals surface area contributed by atoms with E-state index < -0.39 is 0 Å². The number of phenols is 1. The Balaban J connectivity index is 0.00000456. The summed E-state index contributed by atoms with van der Waals surface area (Å²) >= 11 is 0. The minimum Gasteiger partial charge on any atom is -0.507 e. The molecule has 2 aromatic rings. The molecule has 0 amide bonds. The highest BCUT2D eigenvalue weighted by molar-refractivity contribution is 8.93. The van der Waals surface area contributed by atoms with Gasteiger partial charge in [0.05, 0.1) is 6.54 Å². The average Bonchev–Trinajstić information content (AvgIpc) is 3.03. The van der Waals surface area contributed by atoms with Crippen LogP contribution < -0.4 is 0 Å². The first kappa shape index (κ1) is 30.0. The van der Waals surface area contributed by atoms with Gasteiger partial charge in [-0.2, -0.15) is 0 Å². The first-order valence-electron chi connectivity index (χ1n) is 12.7. The summed E-state index contributed by atoms with van der Waals surface area (Å²) in [5.41, 5.74) is 2.50. The maximum atomic E-state index is 13.5. The van der Waals surface area contributed by atoms with E-state index in [4.69, 9.17) is 5.41 Å². The molecule has 0 spiro atoms. The summed E-state index contributed by atoms with van der Waals surface area (Å²) in [6.45, 7) is 15.2. The number of benzene rings is 2. The van der Waals surface area contributed by atoms with Gasteiger partial charge in [0.1, 0.15) is 17.4 Å². The summed E-state index contributed by atoms with van der Waals surface area (Å²) in [4.78, 5) is 15.4. The van der Waals surface area contributed by atoms with Crippen molar-refractivity contribution < 1.29 is 14.3 Å². The predicted molar refractivity (Wildman–Crippen MR) is 151 cm³/mol. The summed E-state index contributed by atoms with van der Waals surface area (Å²) in [5.74, 6) is 0.766. The lowest BCUT2D eigenvalue weighted by Crippen LogP contribution is -2.33. The van der Waals surface area contributed by atoms with Gasteiger partial charge in [0, 0.05) is 29.2 Å². The second kappa shape index (κ2) is 11.5. The highest BCUT2D eigenvalue weighted by Gasteiger charge is 2.38. The Morgan fingerprint density at radius 3 is 2.06 bits per heavy atom. The number of likely N-dealkylation sites (tertiary alicyclic amines) is 1. The molecular weight excluding hydrogens is 519 g/mol. The lowest BCUT2D eigenvalue weighted by molar-refractivity contribution is 0.0963. The van der Waals surface area contributed by atoms with Crippen LogP contribution in [0, 0.1) is 23.1 Å². The maximum Gasteiger partial charge on any atom is 0.182 e. The van der Waals surface area contributed by atoms with E-state index in [1.165, 1.54) is 12.1 Å². The first-order valence-corrected chi connectivity index (χ1v) is 12.7. The predicted octanol–water partition coefficient (Wildman–Crippen LogP) is 7.45. The number of amidine groups is 1. The van der Waals surface area contributed by atoms with Crippen molar-refractivity contribution >= 4 is 28.6 Å². The van der Waals surface area contributed by atoms with Crippen molar-refractivity contribution in [3.05, 3.63) is 64.5 Å². The molecule has 1 aliphatic heterocycles. The molecule has 1 aliphatic rings. The van der Waals surface area contributed by atoms with Crippen LogP contribution >= 0.6 is 17.0 Å². The van der Waals surface area contributed by atoms with Crippen LogP contribution in [0.2, 0.25) is 0 Å². The molecule has 4 nitrogen and oxygen atoms in total. The molecule has 0 radical (unpaired) electrons. The number of rotatable bonds is 7. The van der Waals surface area contributed by atoms with Crippen LogP contribution in [0.25, 0.3) is 0 Å². The number of carbonyl (C=O) groups excluding carboxylic acids is 1. The number of nitrogens with one attached hydrogen (secondary N) is 1. The summed E-state index contributed by atoms with van der Waals surface area (Å²) in [6, 6.07) is 10.2. The summed E-state index contributed by atoms with van der Waals surface area (Å²) in [5, 5.41) is 19.9. The van der Waals surface area contributed by atoms with Gasteiger partial charge in [-0.15, -0.1) is 17.0 Å². The number of carbonyl (C=O) groups is 1. The summed E-state index contributed by atoms with van der Waals surface area (Å²) in [7, 11) is 0. The highest BCUT2D eigenvalue weighted by Crippen LogP contribution is 2.40. The molecular formula is C30H42BrFN2O2. The molecule has 2 aromatic carbocycles. The standard InChI is InChI=1S/C30H41FN2O2.BrH/c1-8-9-20-17-33(28(32)23(20)14-19-10-12-22(31)13-11-19)18-26(34)21-15-24(29(2,3)4)27(35)25(16-21)30(5,6)7;/h10-13,15-16,20,23,32,35H,8-9,14,17-18H2,1-7H3;1H. The van der Waals surface area contributed by atoms with Crippen LogP contribution in [-0.2, 0) is 17.3 Å². The number of halogens is 2. The topological polar surface area (TPSA) is 64.4 Å². The minimum atomic E-state index is -0.312. The molecule has 0 aromatic heterocycles. The molecule has 1 heterocycles. The molecule has 2 atom stereocenters. The normalized spacial score (nSPS) is 18.3. The van der Waals surface area contributed by atoms with Crippen LogP contribution in [-0.4, -0.2) is 34.7 Å². The third-order valence-corrected chi connectivity index (χ3v) is 7.13. The fourth-order valence-corrected chi connectivity index (χ4v) is 5.12. The van der Waals surface area contributed by atoms with Gasteiger partial charge in [-0.05, 0) is 59.4 Å². The first-order chi connectivity index (χ1) is 16.2. The Bertz CT molecular complexity index is 1050. The zero-order valence-corrected chi connectivity index (χ0v) is 24.5. The van der Waals surface area contributed by atoms with Crippen molar-refractivity contribution in [3.8, 4) is 5.75 Å². The number of hydrogen-bond donors (Lipinski definition) is 2. The lowest BCUT2D eigenvalue weighted by Gasteiger charge is -2.28. The lowest BCUT2D eigenvalue weighted by atomic mass is 9.78. The van der Waals surface area contributed by atoms with E-state index in [-0.39, 0.29) is 57.6 Å². The van der Waals surface area contributed by atoms with E-state index in [9.17, 15) is 14.3 Å². The van der Waals surface area contributed by atoms with Crippen molar-refractivity contribution in [1.29, 1.82) is 5.41 Å². The van der Waals surface area contributed by atoms with Crippen LogP contribution in [0.15, 0.2) is 36.4 Å². The van der Waals surface area contributed by atoms with Crippen molar-refractivity contribution in [3.63, 3.8) is 0 Å². The highest BCUT2D eigenvalue weighted by atomic mass is 79.9. The van der Waals surface area contributed by atoms with Gasteiger partial charge in [-0.1, -0.05) is 67.0 Å². The van der Waals surface area contributed by atoms with Gasteiger partial charge < -0.3 is 10.0 Å². The zero-order valence-electron chi connectivity index (χ0n) is 22.7. The fourth-order valence-electron chi connectivity index (χ4n) is 5.12. The Morgan fingerprint density at radius 1 is 1.06 bits per heavy atom. The summed E-state index contributed by atoms with van der Waals surface area (Å²) < 4.78 is 13.4. The molecule has 36 heavy (non-hydrogen) atoms. The smallest absolute Gasteiger partial charge is 0.182 e. The van der Waals surface area contributed by atoms with Crippen LogP contribution in [0.4, 0.5) is 4.39 Å². The minimum absolute atomic E-state index is 0. The van der Waals surface area contributed by atoms with Crippen molar-refractivity contribution in [2.45, 2.75) is 78.6 Å². The number of nitrogens with zero attached hydrogens (tertiary/aromatic N) is 1. The largest absolute Gasteiger partial charge is 0.507 e. The second-order valence-corrected chi connectivity index (χ2v) is 12.1. The number of hydrogen-bond acceptors (Lipinski definition) is 3. The van der Waals surface area contributed by atoms with Gasteiger partial charge in [0.25, 0.3) is 0 Å². The Hall–Kier alpha value is -2.21. The number of Topliss-reactive ketones (excluding diaryl/α,β-unsaturated/α-hetero) is 1. The molecule has 1 fully saturated rings. The number of aromatic hydroxyl groups is 1. The van der Waals surface area contributed by atoms with Crippen molar-refractivity contribution in [1.82, 2.24) is 4.90 Å². The van der Waals surface area contributed by atoms with E-state index in [0.29, 0.717) is 30.3 Å². The molecule has 2 unspecified atom stereocenters. The third kappa shape index (κ3) is 6.76. The molecule has 0 bridgehead atoms. The van der Waals surface area contributed by atoms with Gasteiger partial charge in [0.15, 0.2) is 5.78 Å². The van der Waals surface area contributed by atoms with Gasteiger partial charge in [-0.3, -0.25) is 10.2 Å². The molecule has 0 aliphatic carbocycles. The van der Waals surface area contributed by atoms with Gasteiger partial charge in [-0.25, -0.2) is 4.39 Å². The molecule has 0 saturated carbocycles. The van der Waals surface area contributed by atoms with Crippen molar-refractivity contribution in [2.24, 2.45) is 11.8 Å². The van der Waals surface area contributed by atoms with E-state index in [2.05, 4.69) is 6.92 Å². The SMILES string of the molecule is Br.CCCC1CN(CC(=O)c2cc(C(C)(C)C)c(O)c(C(C)(C)C)c2)C(=N)C1Cc1ccc(F)cc1.